The first-order valence-corrected chi connectivity index (χ1v) is 4.80. The molecule has 0 spiro atoms. The maximum Gasteiger partial charge on any atom is 0.132 e. The minimum atomic E-state index is 0.128. The lowest BCUT2D eigenvalue weighted by Gasteiger charge is -2.21. The highest BCUT2D eigenvalue weighted by Crippen LogP contribution is 2.22. The molecule has 0 saturated heterocycles. The van der Waals surface area contributed by atoms with Gasteiger partial charge in [-0.2, -0.15) is 5.26 Å². The summed E-state index contributed by atoms with van der Waals surface area (Å²) in [5, 5.41) is 8.83. The van der Waals surface area contributed by atoms with Crippen LogP contribution in [-0.2, 0) is 4.74 Å². The Kier molecular flexibility index (Phi) is 3.35. The summed E-state index contributed by atoms with van der Waals surface area (Å²) in [4.78, 5) is 0. The van der Waals surface area contributed by atoms with E-state index in [0.29, 0.717) is 12.2 Å². The van der Waals surface area contributed by atoms with Crippen LogP contribution in [0.2, 0.25) is 0 Å². The molecule has 2 nitrogen and oxygen atoms in total. The summed E-state index contributed by atoms with van der Waals surface area (Å²) in [6.07, 6.45) is 6.58. The van der Waals surface area contributed by atoms with Crippen molar-refractivity contribution in [3.8, 4) is 6.07 Å². The van der Waals surface area contributed by atoms with Gasteiger partial charge in [0, 0.05) is 0 Å². The van der Waals surface area contributed by atoms with Crippen LogP contribution in [0, 0.1) is 23.2 Å². The molecule has 0 bridgehead atoms. The molecule has 0 atom stereocenters. The summed E-state index contributed by atoms with van der Waals surface area (Å²) in [5.41, 5.74) is 0.753. The zero-order valence-electron chi connectivity index (χ0n) is 9.00. The third-order valence-corrected chi connectivity index (χ3v) is 1.77. The van der Waals surface area contributed by atoms with E-state index in [4.69, 9.17) is 10.00 Å². The van der Waals surface area contributed by atoms with Crippen LogP contribution in [0.25, 0.3) is 0 Å². The Labute approximate surface area is 85.9 Å². The largest absolute Gasteiger partial charge is 0.492 e. The Bertz CT molecular complexity index is 299. The quantitative estimate of drug-likeness (QED) is 0.670. The predicted octanol–water partition coefficient (Wildman–Crippen LogP) is 2.99. The normalized spacial score (nSPS) is 16.7. The van der Waals surface area contributed by atoms with Crippen LogP contribution in [0.15, 0.2) is 23.5 Å². The van der Waals surface area contributed by atoms with E-state index in [1.165, 1.54) is 0 Å². The third kappa shape index (κ3) is 3.26. The number of hydrogen-bond donors (Lipinski definition) is 0. The number of rotatable bonds is 2. The standard InChI is InChI=1S/C12H16NO/c1-12(2,3)9-14-11-7-5-4-6-10(11)8-13/h4,6-7H,5,9H2,1-3H3. The Hall–Kier alpha value is -1.23. The average molecular weight is 190 g/mol. The summed E-state index contributed by atoms with van der Waals surface area (Å²) < 4.78 is 5.60. The summed E-state index contributed by atoms with van der Waals surface area (Å²) in [7, 11) is 0. The van der Waals surface area contributed by atoms with Gasteiger partial charge in [0.05, 0.1) is 12.2 Å². The molecule has 0 aliphatic heterocycles. The van der Waals surface area contributed by atoms with Crippen LogP contribution >= 0.6 is 0 Å². The molecule has 1 radical (unpaired) electrons. The lowest BCUT2D eigenvalue weighted by Crippen LogP contribution is -2.15. The molecule has 1 aliphatic carbocycles. The van der Waals surface area contributed by atoms with Crippen molar-refractivity contribution in [2.75, 3.05) is 6.61 Å². The molecular weight excluding hydrogens is 174 g/mol. The second-order valence-electron chi connectivity index (χ2n) is 4.58. The molecule has 75 valence electrons. The smallest absolute Gasteiger partial charge is 0.132 e. The fraction of sp³-hybridized carbons (Fsp3) is 0.500. The number of nitriles is 1. The second-order valence-corrected chi connectivity index (χ2v) is 4.58. The van der Waals surface area contributed by atoms with Gasteiger partial charge in [-0.1, -0.05) is 26.8 Å². The first-order valence-electron chi connectivity index (χ1n) is 4.80. The van der Waals surface area contributed by atoms with Gasteiger partial charge in [-0.25, -0.2) is 0 Å². The fourth-order valence-electron chi connectivity index (χ4n) is 1.08. The molecular formula is C12H16NO. The van der Waals surface area contributed by atoms with E-state index >= 15 is 0 Å². The first-order chi connectivity index (χ1) is 6.53. The van der Waals surface area contributed by atoms with Crippen molar-refractivity contribution >= 4 is 0 Å². The molecule has 0 saturated carbocycles. The van der Waals surface area contributed by atoms with Crippen LogP contribution < -0.4 is 0 Å². The van der Waals surface area contributed by atoms with Crippen molar-refractivity contribution in [2.45, 2.75) is 27.2 Å². The average Bonchev–Trinajstić information content (AvgIpc) is 2.14. The molecule has 1 rings (SSSR count). The Balaban J connectivity index is 2.57. The van der Waals surface area contributed by atoms with Gasteiger partial charge in [-0.3, -0.25) is 0 Å². The van der Waals surface area contributed by atoms with Crippen LogP contribution in [0.4, 0.5) is 0 Å². The van der Waals surface area contributed by atoms with E-state index in [1.807, 2.05) is 18.6 Å². The third-order valence-electron chi connectivity index (χ3n) is 1.77. The van der Waals surface area contributed by atoms with Crippen molar-refractivity contribution in [3.63, 3.8) is 0 Å². The molecule has 0 aromatic heterocycles. The van der Waals surface area contributed by atoms with Crippen molar-refractivity contribution in [2.24, 2.45) is 5.41 Å². The summed E-state index contributed by atoms with van der Waals surface area (Å²) in [6.45, 7) is 6.96. The van der Waals surface area contributed by atoms with E-state index in [1.54, 1.807) is 0 Å². The van der Waals surface area contributed by atoms with Gasteiger partial charge in [0.1, 0.15) is 11.8 Å². The van der Waals surface area contributed by atoms with Gasteiger partial charge in [-0.15, -0.1) is 0 Å². The van der Waals surface area contributed by atoms with Gasteiger partial charge in [0.25, 0.3) is 0 Å². The van der Waals surface area contributed by atoms with E-state index in [0.717, 1.165) is 12.2 Å². The van der Waals surface area contributed by atoms with Crippen molar-refractivity contribution in [3.05, 3.63) is 29.9 Å². The first kappa shape index (κ1) is 10.8. The lowest BCUT2D eigenvalue weighted by molar-refractivity contribution is 0.132. The number of nitrogens with zero attached hydrogens (tertiary/aromatic N) is 1. The Morgan fingerprint density at radius 3 is 2.79 bits per heavy atom. The van der Waals surface area contributed by atoms with Crippen molar-refractivity contribution in [1.29, 1.82) is 5.26 Å². The molecule has 0 aromatic rings. The highest BCUT2D eigenvalue weighted by Gasteiger charge is 2.15. The van der Waals surface area contributed by atoms with Gasteiger partial charge in [0.15, 0.2) is 0 Å². The zero-order valence-corrected chi connectivity index (χ0v) is 9.00. The number of allylic oxidation sites excluding steroid dienone is 3. The van der Waals surface area contributed by atoms with Crippen molar-refractivity contribution in [1.82, 2.24) is 0 Å². The summed E-state index contributed by atoms with van der Waals surface area (Å²) >= 11 is 0. The Morgan fingerprint density at radius 2 is 2.21 bits per heavy atom. The summed E-state index contributed by atoms with van der Waals surface area (Å²) in [6, 6.07) is 2.13. The molecule has 0 amide bonds. The van der Waals surface area contributed by atoms with E-state index in [-0.39, 0.29) is 5.41 Å². The van der Waals surface area contributed by atoms with E-state index < -0.39 is 0 Å². The fourth-order valence-corrected chi connectivity index (χ4v) is 1.08. The number of ether oxygens (including phenoxy) is 1. The maximum atomic E-state index is 8.83. The highest BCUT2D eigenvalue weighted by molar-refractivity contribution is 5.42. The SMILES string of the molecule is CC(C)(C)COC1=CC[CH]C=C1C#N. The predicted molar refractivity (Wildman–Crippen MR) is 56.1 cm³/mol. The van der Waals surface area contributed by atoms with Gasteiger partial charge in [0.2, 0.25) is 0 Å². The molecule has 0 fully saturated rings. The van der Waals surface area contributed by atoms with Gasteiger partial charge >= 0.3 is 0 Å². The minimum absolute atomic E-state index is 0.128. The summed E-state index contributed by atoms with van der Waals surface area (Å²) in [5.74, 6) is 0.727. The zero-order chi connectivity index (χ0) is 10.6. The van der Waals surface area contributed by atoms with Crippen molar-refractivity contribution < 1.29 is 4.74 Å². The van der Waals surface area contributed by atoms with Gasteiger partial charge < -0.3 is 4.74 Å². The molecule has 0 N–H and O–H groups in total. The maximum absolute atomic E-state index is 8.83. The topological polar surface area (TPSA) is 33.0 Å². The van der Waals surface area contributed by atoms with Crippen LogP contribution in [-0.4, -0.2) is 6.61 Å². The van der Waals surface area contributed by atoms with Crippen LogP contribution in [0.5, 0.6) is 0 Å². The molecule has 0 unspecified atom stereocenters. The van der Waals surface area contributed by atoms with Crippen LogP contribution in [0.1, 0.15) is 27.2 Å². The molecule has 14 heavy (non-hydrogen) atoms. The monoisotopic (exact) mass is 190 g/mol. The molecule has 0 aromatic carbocycles. The minimum Gasteiger partial charge on any atom is -0.492 e. The lowest BCUT2D eigenvalue weighted by atomic mass is 9.98. The molecule has 1 aliphatic rings. The highest BCUT2D eigenvalue weighted by atomic mass is 16.5. The van der Waals surface area contributed by atoms with Gasteiger partial charge in [-0.05, 0) is 24.3 Å². The molecule has 2 heteroatoms. The molecule has 0 heterocycles. The Morgan fingerprint density at radius 1 is 1.50 bits per heavy atom. The van der Waals surface area contributed by atoms with E-state index in [9.17, 15) is 0 Å². The van der Waals surface area contributed by atoms with Crippen LogP contribution in [0.3, 0.4) is 0 Å². The van der Waals surface area contributed by atoms with E-state index in [2.05, 4.69) is 26.8 Å². The second kappa shape index (κ2) is 4.32. The number of hydrogen-bond acceptors (Lipinski definition) is 2.